The number of likely N-dealkylation sites (tertiary alicyclic amines) is 2. The lowest BCUT2D eigenvalue weighted by molar-refractivity contribution is -0.141. The number of aryl methyl sites for hydroxylation is 1. The molecule has 5 aliphatic heterocycles. The number of nitrogens with one attached hydrogen (secondary N) is 1. The van der Waals surface area contributed by atoms with Crippen molar-refractivity contribution in [2.45, 2.75) is 181 Å². The Morgan fingerprint density at radius 1 is 0.885 bits per heavy atom. The second kappa shape index (κ2) is 26.9. The second-order valence-electron chi connectivity index (χ2n) is 29.7. The molecule has 0 saturated carbocycles. The summed E-state index contributed by atoms with van der Waals surface area (Å²) in [7, 11) is -2.37. The minimum absolute atomic E-state index is 0.0307. The maximum Gasteiger partial charge on any atom is 0.410 e. The maximum atomic E-state index is 18.0. The summed E-state index contributed by atoms with van der Waals surface area (Å²) in [5, 5.41) is 30.8. The number of pyridine rings is 1. The summed E-state index contributed by atoms with van der Waals surface area (Å²) >= 11 is 1.58. The van der Waals surface area contributed by atoms with Crippen molar-refractivity contribution in [2.75, 3.05) is 68.8 Å². The number of β-amino-alcohol motifs (C(OH)–C–C–N with tert-alkyl or cyclic N) is 1. The van der Waals surface area contributed by atoms with Gasteiger partial charge in [-0.3, -0.25) is 24.4 Å². The molecule has 19 nitrogen and oxygen atoms in total. The van der Waals surface area contributed by atoms with E-state index in [1.807, 2.05) is 89.2 Å². The number of ether oxygens (including phenoxy) is 2. The van der Waals surface area contributed by atoms with E-state index in [1.54, 1.807) is 17.4 Å². The van der Waals surface area contributed by atoms with Gasteiger partial charge in [0, 0.05) is 74.3 Å². The van der Waals surface area contributed by atoms with Gasteiger partial charge >= 0.3 is 12.1 Å². The predicted octanol–water partition coefficient (Wildman–Crippen LogP) is 13.0. The van der Waals surface area contributed by atoms with Gasteiger partial charge in [0.05, 0.1) is 51.3 Å². The number of halogens is 2. The number of thiazole rings is 1. The number of hydrogen-bond donors (Lipinski definition) is 3. The number of anilines is 2. The second-order valence-corrected chi connectivity index (χ2v) is 36.2. The average molecular weight is 1350 g/mol. The van der Waals surface area contributed by atoms with Crippen molar-refractivity contribution < 1.29 is 47.4 Å². The van der Waals surface area contributed by atoms with Crippen LogP contribution in [0, 0.1) is 41.4 Å². The van der Waals surface area contributed by atoms with Crippen LogP contribution < -0.4 is 19.9 Å². The molecule has 2 unspecified atom stereocenters. The third-order valence-corrected chi connectivity index (χ3v) is 28.2. The van der Waals surface area contributed by atoms with E-state index >= 15 is 8.78 Å². The third kappa shape index (κ3) is 13.3. The molecule has 5 saturated heterocycles. The first-order chi connectivity index (χ1) is 45.6. The summed E-state index contributed by atoms with van der Waals surface area (Å²) < 4.78 is 52.7. The van der Waals surface area contributed by atoms with Crippen molar-refractivity contribution in [3.05, 3.63) is 101 Å². The summed E-state index contributed by atoms with van der Waals surface area (Å²) in [6.07, 6.45) is 3.80. The van der Waals surface area contributed by atoms with Gasteiger partial charge in [-0.25, -0.2) is 18.6 Å². The largest absolute Gasteiger partial charge is 0.508 e. The Morgan fingerprint density at radius 3 is 2.21 bits per heavy atom. The minimum atomic E-state index is -2.37. The van der Waals surface area contributed by atoms with Crippen LogP contribution in [0.2, 0.25) is 16.6 Å². The Labute approximate surface area is 566 Å². The highest BCUT2D eigenvalue weighted by Gasteiger charge is 2.49. The zero-order valence-corrected chi connectivity index (χ0v) is 59.3. The number of aliphatic hydroxyl groups excluding tert-OH is 1. The number of hydrogen-bond acceptors (Lipinski definition) is 17. The van der Waals surface area contributed by atoms with Gasteiger partial charge in [0.2, 0.25) is 11.8 Å². The highest BCUT2D eigenvalue weighted by atomic mass is 32.1. The van der Waals surface area contributed by atoms with Crippen LogP contribution in [0.5, 0.6) is 11.8 Å². The van der Waals surface area contributed by atoms with E-state index in [2.05, 4.69) is 83.2 Å². The molecular weight excluding hydrogens is 1260 g/mol. The number of aromatic nitrogens is 5. The zero-order valence-electron chi connectivity index (χ0n) is 57.5. The van der Waals surface area contributed by atoms with Crippen LogP contribution in [0.1, 0.15) is 150 Å². The van der Waals surface area contributed by atoms with E-state index in [0.29, 0.717) is 53.2 Å². The summed E-state index contributed by atoms with van der Waals surface area (Å²) in [5.41, 5.74) is 8.71. The molecule has 96 heavy (non-hydrogen) atoms. The molecule has 1 spiro atoms. The number of piperazine rings is 1. The van der Waals surface area contributed by atoms with Gasteiger partial charge in [-0.15, -0.1) is 16.9 Å². The lowest BCUT2D eigenvalue weighted by atomic mass is 9.72. The Balaban J connectivity index is 0.731. The number of phenolic OH excluding ortho intramolecular Hbond substituents is 1. The van der Waals surface area contributed by atoms with E-state index in [9.17, 15) is 24.6 Å². The maximum absolute atomic E-state index is 18.0. The molecule has 6 atom stereocenters. The van der Waals surface area contributed by atoms with Gasteiger partial charge in [0.15, 0.2) is 17.4 Å². The smallest absolute Gasteiger partial charge is 0.410 e. The van der Waals surface area contributed by atoms with Crippen LogP contribution in [0.4, 0.5) is 25.2 Å². The quantitative estimate of drug-likeness (QED) is 0.0571. The first kappa shape index (κ1) is 68.2. The number of benzene rings is 3. The summed E-state index contributed by atoms with van der Waals surface area (Å²) in [4.78, 5) is 72.0. The van der Waals surface area contributed by atoms with Crippen LogP contribution in [-0.2, 0) is 14.3 Å². The molecule has 3 N–H and O–H groups in total. The van der Waals surface area contributed by atoms with Crippen molar-refractivity contribution >= 4 is 70.6 Å². The van der Waals surface area contributed by atoms with Crippen LogP contribution >= 0.6 is 11.3 Å². The highest BCUT2D eigenvalue weighted by Crippen LogP contribution is 2.46. The van der Waals surface area contributed by atoms with E-state index in [0.717, 1.165) is 73.6 Å². The number of fused-ring (bicyclic) bond motifs is 4. The number of nitrogens with zero attached hydrogens (tertiary/aromatic N) is 10. The minimum Gasteiger partial charge on any atom is -0.508 e. The molecule has 7 aromatic rings. The molecule has 5 fully saturated rings. The van der Waals surface area contributed by atoms with E-state index < -0.39 is 43.4 Å². The molecule has 9 heterocycles. The normalized spacial score (nSPS) is 20.4. The first-order valence-corrected chi connectivity index (χ1v) is 37.2. The Morgan fingerprint density at radius 2 is 1.57 bits per heavy atom. The van der Waals surface area contributed by atoms with E-state index in [4.69, 9.17) is 28.9 Å². The molecule has 4 aromatic heterocycles. The van der Waals surface area contributed by atoms with Crippen molar-refractivity contribution in [2.24, 2.45) is 11.3 Å². The molecule has 2 bridgehead atoms. The van der Waals surface area contributed by atoms with Gasteiger partial charge in [0.1, 0.15) is 60.8 Å². The topological polar surface area (TPSA) is 216 Å². The number of piperidine rings is 1. The molecule has 0 aliphatic carbocycles. The molecule has 510 valence electrons. The summed E-state index contributed by atoms with van der Waals surface area (Å²) in [6, 6.07) is 14.1. The van der Waals surface area contributed by atoms with Gasteiger partial charge in [-0.05, 0) is 131 Å². The first-order valence-electron chi connectivity index (χ1n) is 34.1. The fraction of sp³-hybridized carbons (Fsp3) is 0.534. The monoisotopic (exact) mass is 1350 g/mol. The number of aliphatic hydroxyl groups is 1. The van der Waals surface area contributed by atoms with Crippen molar-refractivity contribution in [3.63, 3.8) is 0 Å². The fourth-order valence-corrected chi connectivity index (χ4v) is 22.0. The van der Waals surface area contributed by atoms with Crippen molar-refractivity contribution in [1.82, 2.24) is 45.1 Å². The van der Waals surface area contributed by atoms with Gasteiger partial charge < -0.3 is 44.2 Å². The highest BCUT2D eigenvalue weighted by molar-refractivity contribution is 7.13. The Bertz CT molecular complexity index is 4090. The number of carbonyl (C=O) groups is 3. The van der Waals surface area contributed by atoms with Crippen LogP contribution in [0.25, 0.3) is 43.4 Å². The molecule has 12 rings (SSSR count). The molecule has 23 heteroatoms. The standard InChI is InChI=1S/C73H91F2N11O8SSi/c1-41(2)61(69(90)85-37-53(88)32-58(85)68(89)78-45(9)47-14-16-48(17-15-47)66-46(10)77-40-95-66)59-33-60(81-94-59)84-38-73(39-84)23-25-82(26-24-73)27-28-92-70-79-65-56(67(80-70)83-35-50-19-20-51(36-83)86(50)71(91)93-72(11,12)13)34-76-64(63(65)75)55-31-52(87)30-49-18-21-57(74)54(62(49)55)22-29-96(42(3)4,43(5)6)44(7)8/h14-18,21,30-31,33-34,40-45,50-51,53,58,61,87-88H,19-20,23-28,32,35-39H2,1-13H3,(H,78,89)/t45-,50?,51?,53+,58-,61+/m0/s1. The Kier molecular flexibility index (Phi) is 19.1. The number of aromatic hydroxyl groups is 1. The Hall–Kier alpha value is -7.78. The third-order valence-electron chi connectivity index (χ3n) is 20.9. The van der Waals surface area contributed by atoms with Gasteiger partial charge in [-0.1, -0.05) is 96.8 Å². The summed E-state index contributed by atoms with van der Waals surface area (Å²) in [6.45, 7) is 31.2. The lowest BCUT2D eigenvalue weighted by Gasteiger charge is -2.54. The average Bonchev–Trinajstić information content (AvgIpc) is 0.745. The molecular formula is C73H91F2N11O8SSi. The van der Waals surface area contributed by atoms with E-state index in [1.165, 1.54) is 29.3 Å². The fourth-order valence-electron chi connectivity index (χ4n) is 16.0. The number of phenols is 1. The number of carbonyl (C=O) groups excluding carboxylic acids is 3. The molecule has 0 radical (unpaired) electrons. The molecule has 5 aliphatic rings. The summed E-state index contributed by atoms with van der Waals surface area (Å²) in [5.74, 6) is 1.75. The SMILES string of the molecule is Cc1ncsc1-c1ccc([C@H](C)NC(=O)[C@@H]2C[C@@H](O)CN2C(=O)[C@@H](c2cc(N3CC4(CCN(CCOc5nc(N6CC7CCC(C6)N7C(=O)OC(C)(C)C)c6cnc(-c7cc(O)cc8ccc(F)c(C#C[Si](C(C)C)(C(C)C)C(C)C)c78)c(F)c6n5)CC4)C3)no2)C(C)C)cc1. The van der Waals surface area contributed by atoms with Crippen LogP contribution in [0.15, 0.2) is 70.8 Å². The van der Waals surface area contributed by atoms with Gasteiger partial charge in [-0.2, -0.15) is 9.97 Å². The van der Waals surface area contributed by atoms with Crippen molar-refractivity contribution in [3.8, 4) is 44.9 Å². The number of amides is 3. The van der Waals surface area contributed by atoms with Crippen LogP contribution in [-0.4, -0.2) is 165 Å². The lowest BCUT2D eigenvalue weighted by Crippen LogP contribution is -2.60. The van der Waals surface area contributed by atoms with Crippen LogP contribution in [0.3, 0.4) is 0 Å². The molecule has 3 aromatic carbocycles. The predicted molar refractivity (Wildman–Crippen MR) is 372 cm³/mol. The van der Waals surface area contributed by atoms with E-state index in [-0.39, 0.29) is 118 Å². The van der Waals surface area contributed by atoms with Gasteiger partial charge in [0.25, 0.3) is 0 Å². The van der Waals surface area contributed by atoms with Crippen molar-refractivity contribution in [1.29, 1.82) is 0 Å². The molecule has 3 amide bonds. The zero-order chi connectivity index (χ0) is 68.4. The number of rotatable bonds is 17.